The van der Waals surface area contributed by atoms with Gasteiger partial charge in [-0.15, -0.1) is 0 Å². The van der Waals surface area contributed by atoms with Gasteiger partial charge in [0.05, 0.1) is 11.4 Å². The van der Waals surface area contributed by atoms with Crippen molar-refractivity contribution in [3.8, 4) is 0 Å². The molecule has 0 aliphatic carbocycles. The van der Waals surface area contributed by atoms with Crippen LogP contribution < -0.4 is 16.0 Å². The van der Waals surface area contributed by atoms with Crippen molar-refractivity contribution < 1.29 is 22.8 Å². The monoisotopic (exact) mass is 445 g/mol. The molecule has 3 rings (SSSR count). The van der Waals surface area contributed by atoms with Crippen LogP contribution in [0.4, 0.5) is 0 Å². The van der Waals surface area contributed by atoms with Crippen molar-refractivity contribution in [2.45, 2.75) is 17.9 Å². The van der Waals surface area contributed by atoms with E-state index >= 15 is 0 Å². The molecule has 2 aromatic rings. The van der Waals surface area contributed by atoms with Gasteiger partial charge in [0.2, 0.25) is 21.8 Å². The molecule has 3 amide bonds. The van der Waals surface area contributed by atoms with Gasteiger partial charge in [-0.05, 0) is 42.0 Å². The van der Waals surface area contributed by atoms with Gasteiger partial charge in [0.25, 0.3) is 5.91 Å². The summed E-state index contributed by atoms with van der Waals surface area (Å²) in [5, 5.41) is 7.96. The summed E-state index contributed by atoms with van der Waals surface area (Å²) in [6.07, 6.45) is 3.39. The number of sulfonamides is 1. The van der Waals surface area contributed by atoms with Crippen molar-refractivity contribution in [2.75, 3.05) is 26.2 Å². The number of piperazine rings is 1. The number of hydrogen-bond donors (Lipinski definition) is 3. The highest BCUT2D eigenvalue weighted by Gasteiger charge is 2.29. The SMILES string of the molecule is O=C(CCNC(=O)c1ccc(S(=O)(=O)N2CCNC(=O)C2)cc1)NCc1ccncc1. The number of nitrogens with zero attached hydrogens (tertiary/aromatic N) is 2. The summed E-state index contributed by atoms with van der Waals surface area (Å²) < 4.78 is 26.3. The van der Waals surface area contributed by atoms with Crippen LogP contribution in [0, 0.1) is 0 Å². The molecule has 2 heterocycles. The van der Waals surface area contributed by atoms with Gasteiger partial charge in [0.1, 0.15) is 0 Å². The van der Waals surface area contributed by atoms with Gasteiger partial charge in [0, 0.05) is 50.6 Å². The standard InChI is InChI=1S/C20H23N5O5S/c26-18(24-13-15-5-8-21-9-6-15)7-10-23-20(28)16-1-3-17(4-2-16)31(29,30)25-12-11-22-19(27)14-25/h1-6,8-9H,7,10-14H2,(H,22,27)(H,23,28)(H,24,26). The summed E-state index contributed by atoms with van der Waals surface area (Å²) in [4.78, 5) is 39.5. The average molecular weight is 446 g/mol. The zero-order valence-electron chi connectivity index (χ0n) is 16.7. The van der Waals surface area contributed by atoms with Crippen LogP contribution in [0.15, 0.2) is 53.7 Å². The highest BCUT2D eigenvalue weighted by atomic mass is 32.2. The largest absolute Gasteiger partial charge is 0.354 e. The van der Waals surface area contributed by atoms with Crippen LogP contribution in [-0.2, 0) is 26.2 Å². The Labute approximate surface area is 180 Å². The highest BCUT2D eigenvalue weighted by molar-refractivity contribution is 7.89. The minimum Gasteiger partial charge on any atom is -0.354 e. The number of benzene rings is 1. The molecule has 31 heavy (non-hydrogen) atoms. The van der Waals surface area contributed by atoms with Crippen LogP contribution in [-0.4, -0.2) is 61.6 Å². The molecule has 0 spiro atoms. The van der Waals surface area contributed by atoms with Crippen molar-refractivity contribution >= 4 is 27.7 Å². The van der Waals surface area contributed by atoms with Gasteiger partial charge in [-0.3, -0.25) is 19.4 Å². The normalized spacial score (nSPS) is 14.5. The summed E-state index contributed by atoms with van der Waals surface area (Å²) in [5.41, 5.74) is 1.19. The number of carbonyl (C=O) groups is 3. The number of nitrogens with one attached hydrogen (secondary N) is 3. The van der Waals surface area contributed by atoms with E-state index in [4.69, 9.17) is 0 Å². The molecular formula is C20H23N5O5S. The summed E-state index contributed by atoms with van der Waals surface area (Å²) in [7, 11) is -3.81. The first-order valence-corrected chi connectivity index (χ1v) is 11.1. The van der Waals surface area contributed by atoms with Crippen molar-refractivity contribution in [2.24, 2.45) is 0 Å². The molecule has 11 heteroatoms. The van der Waals surface area contributed by atoms with Gasteiger partial charge >= 0.3 is 0 Å². The van der Waals surface area contributed by atoms with E-state index in [1.54, 1.807) is 24.5 Å². The maximum Gasteiger partial charge on any atom is 0.251 e. The molecule has 0 saturated carbocycles. The van der Waals surface area contributed by atoms with E-state index in [-0.39, 0.29) is 54.9 Å². The van der Waals surface area contributed by atoms with E-state index in [0.29, 0.717) is 6.54 Å². The third-order valence-corrected chi connectivity index (χ3v) is 6.49. The number of pyridine rings is 1. The van der Waals surface area contributed by atoms with E-state index in [1.165, 1.54) is 24.3 Å². The first-order chi connectivity index (χ1) is 14.9. The Morgan fingerprint density at radius 3 is 2.45 bits per heavy atom. The average Bonchev–Trinajstić information content (AvgIpc) is 2.78. The van der Waals surface area contributed by atoms with Gasteiger partial charge in [0.15, 0.2) is 0 Å². The topological polar surface area (TPSA) is 138 Å². The van der Waals surface area contributed by atoms with E-state index in [2.05, 4.69) is 20.9 Å². The Hall–Kier alpha value is -3.31. The van der Waals surface area contributed by atoms with Gasteiger partial charge in [-0.1, -0.05) is 0 Å². The maximum absolute atomic E-state index is 12.6. The molecule has 1 fully saturated rings. The van der Waals surface area contributed by atoms with E-state index < -0.39 is 15.9 Å². The zero-order chi connectivity index (χ0) is 22.3. The third-order valence-electron chi connectivity index (χ3n) is 4.63. The Kier molecular flexibility index (Phi) is 7.32. The quantitative estimate of drug-likeness (QED) is 0.507. The molecule has 1 saturated heterocycles. The fraction of sp³-hybridized carbons (Fsp3) is 0.300. The summed E-state index contributed by atoms with van der Waals surface area (Å²) in [6, 6.07) is 9.06. The summed E-state index contributed by atoms with van der Waals surface area (Å²) in [6.45, 7) is 0.746. The lowest BCUT2D eigenvalue weighted by molar-refractivity contribution is -0.123. The molecule has 1 aromatic heterocycles. The second kappa shape index (κ2) is 10.1. The van der Waals surface area contributed by atoms with E-state index in [0.717, 1.165) is 9.87 Å². The van der Waals surface area contributed by atoms with Gasteiger partial charge in [-0.2, -0.15) is 4.31 Å². The third kappa shape index (κ3) is 6.09. The van der Waals surface area contributed by atoms with Crippen LogP contribution in [0.2, 0.25) is 0 Å². The smallest absolute Gasteiger partial charge is 0.251 e. The Morgan fingerprint density at radius 1 is 1.06 bits per heavy atom. The van der Waals surface area contributed by atoms with Gasteiger partial charge in [-0.25, -0.2) is 8.42 Å². The van der Waals surface area contributed by atoms with Crippen molar-refractivity contribution in [1.29, 1.82) is 0 Å². The van der Waals surface area contributed by atoms with Crippen molar-refractivity contribution in [1.82, 2.24) is 25.2 Å². The molecule has 10 nitrogen and oxygen atoms in total. The van der Waals surface area contributed by atoms with E-state index in [9.17, 15) is 22.8 Å². The van der Waals surface area contributed by atoms with Crippen LogP contribution in [0.25, 0.3) is 0 Å². The molecule has 164 valence electrons. The predicted octanol–water partition coefficient (Wildman–Crippen LogP) is -0.362. The molecule has 1 aliphatic heterocycles. The number of carbonyl (C=O) groups excluding carboxylic acids is 3. The van der Waals surface area contributed by atoms with Crippen molar-refractivity contribution in [3.63, 3.8) is 0 Å². The summed E-state index contributed by atoms with van der Waals surface area (Å²) >= 11 is 0. The minimum atomic E-state index is -3.81. The van der Waals surface area contributed by atoms with Crippen LogP contribution in [0.3, 0.4) is 0 Å². The Morgan fingerprint density at radius 2 is 1.77 bits per heavy atom. The molecular weight excluding hydrogens is 422 g/mol. The first kappa shape index (κ1) is 22.4. The molecule has 0 unspecified atom stereocenters. The molecule has 3 N–H and O–H groups in total. The summed E-state index contributed by atoms with van der Waals surface area (Å²) in [5.74, 6) is -0.969. The second-order valence-electron chi connectivity index (χ2n) is 6.85. The number of rotatable bonds is 8. The highest BCUT2D eigenvalue weighted by Crippen LogP contribution is 2.17. The first-order valence-electron chi connectivity index (χ1n) is 9.67. The fourth-order valence-electron chi connectivity index (χ4n) is 2.93. The lowest BCUT2D eigenvalue weighted by Gasteiger charge is -2.25. The Bertz CT molecular complexity index is 1040. The maximum atomic E-state index is 12.6. The minimum absolute atomic E-state index is 0.00856. The molecule has 1 aliphatic rings. The number of amides is 3. The predicted molar refractivity (Wildman–Crippen MR) is 111 cm³/mol. The molecule has 0 radical (unpaired) electrons. The number of aromatic nitrogens is 1. The van der Waals surface area contributed by atoms with E-state index in [1.807, 2.05) is 0 Å². The number of hydrogen-bond acceptors (Lipinski definition) is 6. The Balaban J connectivity index is 1.47. The second-order valence-corrected chi connectivity index (χ2v) is 8.79. The molecule has 1 aromatic carbocycles. The zero-order valence-corrected chi connectivity index (χ0v) is 17.5. The van der Waals surface area contributed by atoms with Crippen LogP contribution >= 0.6 is 0 Å². The fourth-order valence-corrected chi connectivity index (χ4v) is 4.33. The lowest BCUT2D eigenvalue weighted by atomic mass is 10.2. The molecule has 0 atom stereocenters. The van der Waals surface area contributed by atoms with Crippen molar-refractivity contribution in [3.05, 3.63) is 59.9 Å². The lowest BCUT2D eigenvalue weighted by Crippen LogP contribution is -2.49. The molecule has 0 bridgehead atoms. The van der Waals surface area contributed by atoms with Gasteiger partial charge < -0.3 is 16.0 Å². The van der Waals surface area contributed by atoms with Crippen LogP contribution in [0.5, 0.6) is 0 Å². The van der Waals surface area contributed by atoms with Crippen LogP contribution in [0.1, 0.15) is 22.3 Å².